The van der Waals surface area contributed by atoms with Crippen LogP contribution in [0.25, 0.3) is 0 Å². The van der Waals surface area contributed by atoms with Crippen LogP contribution in [0.2, 0.25) is 0 Å². The van der Waals surface area contributed by atoms with Crippen molar-refractivity contribution < 1.29 is 18.7 Å². The molecule has 20 heavy (non-hydrogen) atoms. The summed E-state index contributed by atoms with van der Waals surface area (Å²) in [6.07, 6.45) is 0.904. The van der Waals surface area contributed by atoms with Crippen molar-refractivity contribution in [2.24, 2.45) is 0 Å². The van der Waals surface area contributed by atoms with E-state index in [1.807, 2.05) is 0 Å². The number of benzene rings is 2. The van der Waals surface area contributed by atoms with Gasteiger partial charge in [-0.2, -0.15) is 0 Å². The Bertz CT molecular complexity index is 605. The van der Waals surface area contributed by atoms with Gasteiger partial charge < -0.3 is 4.74 Å². The number of hydrogen-bond donors (Lipinski definition) is 0. The predicted octanol–water partition coefficient (Wildman–Crippen LogP) is 2.83. The third kappa shape index (κ3) is 4.02. The molecular formula is C16H13FO3. The van der Waals surface area contributed by atoms with Gasteiger partial charge in [-0.05, 0) is 29.8 Å². The van der Waals surface area contributed by atoms with Gasteiger partial charge in [-0.1, -0.05) is 24.3 Å². The van der Waals surface area contributed by atoms with E-state index in [0.717, 1.165) is 5.56 Å². The Morgan fingerprint density at radius 2 is 1.90 bits per heavy atom. The fourth-order valence-corrected chi connectivity index (χ4v) is 1.72. The van der Waals surface area contributed by atoms with Crippen molar-refractivity contribution in [1.29, 1.82) is 0 Å². The average Bonchev–Trinajstić information content (AvgIpc) is 2.48. The topological polar surface area (TPSA) is 43.4 Å². The number of rotatable bonds is 6. The van der Waals surface area contributed by atoms with Crippen molar-refractivity contribution in [2.75, 3.05) is 6.61 Å². The number of ketones is 1. The SMILES string of the molecule is O=Cc1cccc(OCC(=O)Cc2ccc(F)cc2)c1. The summed E-state index contributed by atoms with van der Waals surface area (Å²) in [6, 6.07) is 12.4. The molecule has 0 unspecified atom stereocenters. The summed E-state index contributed by atoms with van der Waals surface area (Å²) in [5, 5.41) is 0. The molecule has 2 aromatic carbocycles. The molecule has 0 saturated heterocycles. The molecule has 0 N–H and O–H groups in total. The highest BCUT2D eigenvalue weighted by molar-refractivity contribution is 5.82. The zero-order chi connectivity index (χ0) is 14.4. The number of hydrogen-bond acceptors (Lipinski definition) is 3. The first-order valence-electron chi connectivity index (χ1n) is 6.11. The number of halogens is 1. The van der Waals surface area contributed by atoms with Gasteiger partial charge in [0.25, 0.3) is 0 Å². The molecule has 0 fully saturated rings. The highest BCUT2D eigenvalue weighted by atomic mass is 19.1. The van der Waals surface area contributed by atoms with Gasteiger partial charge in [-0.25, -0.2) is 4.39 Å². The molecule has 102 valence electrons. The van der Waals surface area contributed by atoms with Gasteiger partial charge in [-0.3, -0.25) is 9.59 Å². The molecule has 0 radical (unpaired) electrons. The van der Waals surface area contributed by atoms with Crippen molar-refractivity contribution in [1.82, 2.24) is 0 Å². The van der Waals surface area contributed by atoms with Gasteiger partial charge >= 0.3 is 0 Å². The van der Waals surface area contributed by atoms with E-state index >= 15 is 0 Å². The van der Waals surface area contributed by atoms with E-state index < -0.39 is 0 Å². The van der Waals surface area contributed by atoms with E-state index in [1.54, 1.807) is 36.4 Å². The highest BCUT2D eigenvalue weighted by Crippen LogP contribution is 2.12. The molecule has 0 saturated carbocycles. The van der Waals surface area contributed by atoms with E-state index in [4.69, 9.17) is 4.74 Å². The van der Waals surface area contributed by atoms with Crippen LogP contribution >= 0.6 is 0 Å². The highest BCUT2D eigenvalue weighted by Gasteiger charge is 2.05. The summed E-state index contributed by atoms with van der Waals surface area (Å²) in [4.78, 5) is 22.3. The van der Waals surface area contributed by atoms with E-state index in [-0.39, 0.29) is 24.6 Å². The van der Waals surface area contributed by atoms with Crippen molar-refractivity contribution in [3.63, 3.8) is 0 Å². The fourth-order valence-electron chi connectivity index (χ4n) is 1.72. The minimum absolute atomic E-state index is 0.0836. The summed E-state index contributed by atoms with van der Waals surface area (Å²) >= 11 is 0. The summed E-state index contributed by atoms with van der Waals surface area (Å²) in [6.45, 7) is -0.0836. The number of carbonyl (C=O) groups excluding carboxylic acids is 2. The van der Waals surface area contributed by atoms with Crippen LogP contribution in [0.4, 0.5) is 4.39 Å². The van der Waals surface area contributed by atoms with Crippen LogP contribution in [0.15, 0.2) is 48.5 Å². The van der Waals surface area contributed by atoms with Gasteiger partial charge in [0, 0.05) is 12.0 Å². The van der Waals surface area contributed by atoms with Crippen LogP contribution in [0.3, 0.4) is 0 Å². The molecule has 0 amide bonds. The normalized spacial score (nSPS) is 10.1. The fraction of sp³-hybridized carbons (Fsp3) is 0.125. The van der Waals surface area contributed by atoms with Crippen molar-refractivity contribution >= 4 is 12.1 Å². The Labute approximate surface area is 116 Å². The summed E-state index contributed by atoms with van der Waals surface area (Å²) in [5.41, 5.74) is 1.23. The molecule has 0 aliphatic heterocycles. The van der Waals surface area contributed by atoms with Crippen LogP contribution in [-0.4, -0.2) is 18.7 Å². The van der Waals surface area contributed by atoms with Crippen LogP contribution < -0.4 is 4.74 Å². The van der Waals surface area contributed by atoms with Crippen LogP contribution in [0.5, 0.6) is 5.75 Å². The van der Waals surface area contributed by atoms with E-state index in [1.165, 1.54) is 12.1 Å². The molecule has 4 heteroatoms. The van der Waals surface area contributed by atoms with Crippen LogP contribution in [-0.2, 0) is 11.2 Å². The Morgan fingerprint density at radius 3 is 2.60 bits per heavy atom. The zero-order valence-corrected chi connectivity index (χ0v) is 10.7. The smallest absolute Gasteiger partial charge is 0.174 e. The lowest BCUT2D eigenvalue weighted by atomic mass is 10.1. The van der Waals surface area contributed by atoms with Crippen molar-refractivity contribution in [2.45, 2.75) is 6.42 Å². The summed E-state index contributed by atoms with van der Waals surface area (Å²) < 4.78 is 18.1. The second-order valence-corrected chi connectivity index (χ2v) is 4.32. The molecule has 2 aromatic rings. The second kappa shape index (κ2) is 6.61. The molecule has 0 aromatic heterocycles. The molecule has 2 rings (SSSR count). The van der Waals surface area contributed by atoms with E-state index in [9.17, 15) is 14.0 Å². The molecule has 0 spiro atoms. The molecular weight excluding hydrogens is 259 g/mol. The van der Waals surface area contributed by atoms with Crippen molar-refractivity contribution in [3.05, 3.63) is 65.5 Å². The Kier molecular flexibility index (Phi) is 4.60. The van der Waals surface area contributed by atoms with E-state index in [2.05, 4.69) is 0 Å². The Balaban J connectivity index is 1.88. The minimum Gasteiger partial charge on any atom is -0.486 e. The second-order valence-electron chi connectivity index (χ2n) is 4.32. The molecule has 0 heterocycles. The monoisotopic (exact) mass is 272 g/mol. The quantitative estimate of drug-likeness (QED) is 0.759. The first-order valence-corrected chi connectivity index (χ1v) is 6.11. The number of aldehydes is 1. The standard InChI is InChI=1S/C16H13FO3/c17-14-6-4-12(5-7-14)8-15(19)11-20-16-3-1-2-13(9-16)10-18/h1-7,9-10H,8,11H2. The maximum absolute atomic E-state index is 12.7. The molecule has 0 bridgehead atoms. The number of carbonyl (C=O) groups is 2. The van der Waals surface area contributed by atoms with Gasteiger partial charge in [0.2, 0.25) is 0 Å². The maximum Gasteiger partial charge on any atom is 0.174 e. The van der Waals surface area contributed by atoms with Crippen molar-refractivity contribution in [3.8, 4) is 5.75 Å². The third-order valence-corrected chi connectivity index (χ3v) is 2.71. The lowest BCUT2D eigenvalue weighted by molar-refractivity contribution is -0.120. The predicted molar refractivity (Wildman–Crippen MR) is 72.4 cm³/mol. The Hall–Kier alpha value is -2.49. The number of ether oxygens (including phenoxy) is 1. The van der Waals surface area contributed by atoms with Gasteiger partial charge in [0.1, 0.15) is 24.5 Å². The average molecular weight is 272 g/mol. The third-order valence-electron chi connectivity index (χ3n) is 2.71. The Morgan fingerprint density at radius 1 is 1.15 bits per heavy atom. The van der Waals surface area contributed by atoms with Gasteiger partial charge in [0.15, 0.2) is 5.78 Å². The zero-order valence-electron chi connectivity index (χ0n) is 10.7. The lowest BCUT2D eigenvalue weighted by Crippen LogP contribution is -2.13. The van der Waals surface area contributed by atoms with Crippen LogP contribution in [0, 0.1) is 5.82 Å². The van der Waals surface area contributed by atoms with Gasteiger partial charge in [-0.15, -0.1) is 0 Å². The largest absolute Gasteiger partial charge is 0.486 e. The lowest BCUT2D eigenvalue weighted by Gasteiger charge is -2.06. The maximum atomic E-state index is 12.7. The first-order chi connectivity index (χ1) is 9.67. The summed E-state index contributed by atoms with van der Waals surface area (Å²) in [5.74, 6) is 0.0262. The minimum atomic E-state index is -0.330. The molecule has 3 nitrogen and oxygen atoms in total. The summed E-state index contributed by atoms with van der Waals surface area (Å²) in [7, 11) is 0. The first kappa shape index (κ1) is 13.9. The van der Waals surface area contributed by atoms with Crippen LogP contribution in [0.1, 0.15) is 15.9 Å². The van der Waals surface area contributed by atoms with Gasteiger partial charge in [0.05, 0.1) is 0 Å². The van der Waals surface area contributed by atoms with E-state index in [0.29, 0.717) is 17.6 Å². The molecule has 0 aliphatic carbocycles. The molecule has 0 atom stereocenters. The molecule has 0 aliphatic rings. The number of Topliss-reactive ketones (excluding diaryl/α,β-unsaturated/α-hetero) is 1.